The summed E-state index contributed by atoms with van der Waals surface area (Å²) in [6.07, 6.45) is 6.21. The molecule has 1 aliphatic heterocycles. The van der Waals surface area contributed by atoms with E-state index in [1.54, 1.807) is 0 Å². The number of benzene rings is 1. The molecule has 5 aliphatic rings. The van der Waals surface area contributed by atoms with Crippen LogP contribution in [-0.4, -0.2) is 52.0 Å². The maximum atomic E-state index is 12.3. The molecule has 6 unspecified atom stereocenters. The van der Waals surface area contributed by atoms with Gasteiger partial charge in [0.1, 0.15) is 5.84 Å². The zero-order chi connectivity index (χ0) is 27.8. The van der Waals surface area contributed by atoms with Crippen molar-refractivity contribution < 1.29 is 19.7 Å². The minimum Gasteiger partial charge on any atom is -0.388 e. The first-order valence-corrected chi connectivity index (χ1v) is 15.2. The van der Waals surface area contributed by atoms with Gasteiger partial charge in [-0.05, 0) is 61.5 Å². The molecule has 0 radical (unpaired) electrons. The number of nitrogens with two attached hydrogens (primary N) is 2. The third-order valence-corrected chi connectivity index (χ3v) is 11.7. The Morgan fingerprint density at radius 1 is 1.05 bits per heavy atom. The monoisotopic (exact) mass is 555 g/mol. The van der Waals surface area contributed by atoms with Gasteiger partial charge >= 0.3 is 0 Å². The summed E-state index contributed by atoms with van der Waals surface area (Å²) in [5, 5.41) is 27.8. The number of thiol groups is 1. The van der Waals surface area contributed by atoms with Crippen LogP contribution in [0.3, 0.4) is 0 Å². The number of hydrazone groups is 1. The second-order valence-electron chi connectivity index (χ2n) is 14.1. The highest BCUT2D eigenvalue weighted by Crippen LogP contribution is 2.68. The molecule has 1 aromatic rings. The third kappa shape index (κ3) is 4.19. The molecule has 8 heteroatoms. The van der Waals surface area contributed by atoms with Gasteiger partial charge in [0.15, 0.2) is 5.79 Å². The minimum atomic E-state index is -0.938. The zero-order valence-electron chi connectivity index (χ0n) is 23.6. The van der Waals surface area contributed by atoms with E-state index in [0.717, 1.165) is 44.1 Å². The van der Waals surface area contributed by atoms with Gasteiger partial charge in [0.25, 0.3) is 0 Å². The number of fused-ring (bicyclic) bond motifs is 4. The number of rotatable bonds is 3. The van der Waals surface area contributed by atoms with Gasteiger partial charge in [0.05, 0.1) is 24.4 Å². The van der Waals surface area contributed by atoms with E-state index in [4.69, 9.17) is 21.1 Å². The molecule has 1 heterocycles. The number of amidine groups is 1. The van der Waals surface area contributed by atoms with Gasteiger partial charge in [-0.15, -0.1) is 0 Å². The van der Waals surface area contributed by atoms with Crippen molar-refractivity contribution in [2.75, 3.05) is 19.0 Å². The van der Waals surface area contributed by atoms with Crippen LogP contribution in [0.25, 0.3) is 0 Å². The first-order valence-electron chi connectivity index (χ1n) is 14.6. The highest BCUT2D eigenvalue weighted by atomic mass is 32.1. The molecule has 214 valence electrons. The highest BCUT2D eigenvalue weighted by molar-refractivity contribution is 7.80. The van der Waals surface area contributed by atoms with E-state index in [1.165, 1.54) is 16.7 Å². The van der Waals surface area contributed by atoms with Gasteiger partial charge in [0.2, 0.25) is 0 Å². The molecule has 7 nitrogen and oxygen atoms in total. The molecule has 4 fully saturated rings. The van der Waals surface area contributed by atoms with Gasteiger partial charge < -0.3 is 31.3 Å². The molecular formula is C31H45N3O4S. The van der Waals surface area contributed by atoms with Crippen LogP contribution in [0.2, 0.25) is 0 Å². The van der Waals surface area contributed by atoms with Crippen molar-refractivity contribution in [3.05, 3.63) is 46.5 Å². The largest absolute Gasteiger partial charge is 0.388 e. The highest BCUT2D eigenvalue weighted by Gasteiger charge is 2.64. The van der Waals surface area contributed by atoms with E-state index >= 15 is 0 Å². The fourth-order valence-electron chi connectivity index (χ4n) is 8.87. The van der Waals surface area contributed by atoms with E-state index < -0.39 is 17.0 Å². The summed E-state index contributed by atoms with van der Waals surface area (Å²) < 4.78 is 12.8. The lowest BCUT2D eigenvalue weighted by atomic mass is 9.50. The molecule has 6 rings (SSSR count). The van der Waals surface area contributed by atoms with Crippen LogP contribution in [0.1, 0.15) is 89.2 Å². The Balaban J connectivity index is 1.43. The average molecular weight is 556 g/mol. The maximum absolute atomic E-state index is 12.3. The predicted octanol–water partition coefficient (Wildman–Crippen LogP) is 4.22. The molecule has 0 bridgehead atoms. The Kier molecular flexibility index (Phi) is 6.52. The summed E-state index contributed by atoms with van der Waals surface area (Å²) >= 11 is 4.64. The van der Waals surface area contributed by atoms with Crippen LogP contribution >= 0.6 is 12.6 Å². The normalized spacial score (nSPS) is 41.2. The van der Waals surface area contributed by atoms with Crippen molar-refractivity contribution in [1.82, 2.24) is 0 Å². The third-order valence-electron chi connectivity index (χ3n) is 11.2. The fourth-order valence-corrected chi connectivity index (χ4v) is 9.39. The number of nitrogens with zero attached hydrogens (tertiary/aromatic N) is 1. The number of aliphatic hydroxyl groups is 2. The number of hydrogen-bond donors (Lipinski definition) is 5. The van der Waals surface area contributed by atoms with Crippen molar-refractivity contribution in [3.63, 3.8) is 0 Å². The van der Waals surface area contributed by atoms with Crippen molar-refractivity contribution in [2.24, 2.45) is 39.3 Å². The smallest absolute Gasteiger partial charge is 0.171 e. The van der Waals surface area contributed by atoms with Crippen molar-refractivity contribution in [2.45, 2.75) is 95.0 Å². The molecule has 1 saturated heterocycles. The molecule has 0 amide bonds. The molecule has 6 atom stereocenters. The molecule has 1 spiro atoms. The summed E-state index contributed by atoms with van der Waals surface area (Å²) in [4.78, 5) is 0. The van der Waals surface area contributed by atoms with Gasteiger partial charge in [-0.2, -0.15) is 17.7 Å². The molecular weight excluding hydrogens is 510 g/mol. The lowest BCUT2D eigenvalue weighted by molar-refractivity contribution is -0.322. The Morgan fingerprint density at radius 3 is 2.38 bits per heavy atom. The van der Waals surface area contributed by atoms with Crippen molar-refractivity contribution >= 4 is 18.5 Å². The van der Waals surface area contributed by atoms with Crippen LogP contribution in [0.5, 0.6) is 0 Å². The number of hydrogen-bond acceptors (Lipinski definition) is 7. The number of allylic oxidation sites excluding steroid dienone is 1. The van der Waals surface area contributed by atoms with E-state index in [-0.39, 0.29) is 16.7 Å². The van der Waals surface area contributed by atoms with Gasteiger partial charge in [-0.1, -0.05) is 50.6 Å². The summed E-state index contributed by atoms with van der Waals surface area (Å²) in [6.45, 7) is 7.89. The van der Waals surface area contributed by atoms with E-state index in [1.807, 2.05) is 12.1 Å². The van der Waals surface area contributed by atoms with Crippen LogP contribution in [-0.2, 0) is 9.47 Å². The van der Waals surface area contributed by atoms with E-state index in [0.29, 0.717) is 49.5 Å². The van der Waals surface area contributed by atoms with Gasteiger partial charge in [0, 0.05) is 40.9 Å². The Morgan fingerprint density at radius 2 is 1.74 bits per heavy atom. The second-order valence-corrected chi connectivity index (χ2v) is 14.4. The topological polar surface area (TPSA) is 123 Å². The number of ether oxygens (including phenoxy) is 2. The zero-order valence-corrected chi connectivity index (χ0v) is 24.5. The maximum Gasteiger partial charge on any atom is 0.171 e. The van der Waals surface area contributed by atoms with Gasteiger partial charge in [-0.3, -0.25) is 0 Å². The Bertz CT molecular complexity index is 1190. The Hall–Kier alpha value is -1.58. The fraction of sp³-hybridized carbons (Fsp3) is 0.710. The van der Waals surface area contributed by atoms with Crippen LogP contribution in [0.4, 0.5) is 0 Å². The molecule has 0 aromatic heterocycles. The molecule has 39 heavy (non-hydrogen) atoms. The molecule has 1 aromatic carbocycles. The molecule has 4 aliphatic carbocycles. The van der Waals surface area contributed by atoms with E-state index in [2.05, 4.69) is 50.6 Å². The van der Waals surface area contributed by atoms with Crippen molar-refractivity contribution in [1.29, 1.82) is 0 Å². The predicted molar refractivity (Wildman–Crippen MR) is 155 cm³/mol. The summed E-state index contributed by atoms with van der Waals surface area (Å²) in [7, 11) is 0. The second kappa shape index (κ2) is 9.21. The first kappa shape index (κ1) is 27.6. The molecule has 3 saturated carbocycles. The minimum absolute atomic E-state index is 0.0143. The Labute approximate surface area is 237 Å². The molecule has 6 N–H and O–H groups in total. The van der Waals surface area contributed by atoms with Crippen LogP contribution < -0.4 is 11.6 Å². The summed E-state index contributed by atoms with van der Waals surface area (Å²) in [5.41, 5.74) is 8.54. The van der Waals surface area contributed by atoms with Crippen LogP contribution in [0.15, 0.2) is 40.5 Å². The van der Waals surface area contributed by atoms with E-state index in [9.17, 15) is 10.2 Å². The first-order chi connectivity index (χ1) is 18.4. The van der Waals surface area contributed by atoms with Crippen molar-refractivity contribution in [3.8, 4) is 0 Å². The lowest BCUT2D eigenvalue weighted by Gasteiger charge is -2.58. The SMILES string of the molecule is CC1(C)COC2(CCC3=C4C(c5ccc(C(N)=NN)cc5)CC5(C)C(CCC5(O)CS)C4CCC3(O)C2)OC1. The average Bonchev–Trinajstić information content (AvgIpc) is 3.19. The lowest BCUT2D eigenvalue weighted by Crippen LogP contribution is -2.58. The van der Waals surface area contributed by atoms with Gasteiger partial charge in [-0.25, -0.2) is 0 Å². The van der Waals surface area contributed by atoms with Crippen LogP contribution in [0, 0.1) is 22.7 Å². The standard InChI is InChI=1S/C31H45N3O4S/c1-27(2)16-37-31(38-17-27)13-10-24-25-21(8-11-29(24,35)15-31)23-9-12-30(36,18-39)28(23,3)14-22(25)19-4-6-20(7-5-19)26(32)34-33/h4-7,21-23,35-36,39H,8-18,33H2,1-3H3,(H2,32,34). The summed E-state index contributed by atoms with van der Waals surface area (Å²) in [5.74, 6) is 6.28. The quantitative estimate of drug-likeness (QED) is 0.0950. The summed E-state index contributed by atoms with van der Waals surface area (Å²) in [6, 6.07) is 8.19.